The monoisotopic (exact) mass is 1160 g/mol. The quantitative estimate of drug-likeness (QED) is 0.0709. The summed E-state index contributed by atoms with van der Waals surface area (Å²) in [6, 6.07) is 0. The Morgan fingerprint density at radius 3 is 1.47 bits per heavy atom. The van der Waals surface area contributed by atoms with Gasteiger partial charge in [-0.2, -0.15) is 0 Å². The Morgan fingerprint density at radius 2 is 1.09 bits per heavy atom. The summed E-state index contributed by atoms with van der Waals surface area (Å²) in [4.78, 5) is 34.7. The van der Waals surface area contributed by atoms with E-state index in [9.17, 15) is 14.4 Å². The largest absolute Gasteiger partial charge is 0.481 e. The zero-order chi connectivity index (χ0) is 56.1. The molecular formula is C56H111B3Cl2N2O12Si2. The number of hydrogen-bond acceptors (Lipinski definition) is 13. The summed E-state index contributed by atoms with van der Waals surface area (Å²) >= 11 is 6.67. The SMILES string of the molecule is C.C.CC(CC[C@@H](B1O[C@@H]2C[C@@H]3C[C@@H](C3(C)C)[C@]2(C)O1)N([Si](C)(C)C)[Si](C)(C)C)CC(=O)OC(C)(C)C.CC(CC[C@@H](Cl)B1O[C@@H]2C[C@@H]3C[C@@H](C3(C)C)[C@]2(C)O1)CC(=O)OC(C)(C)C.Cl.N[C@H]1CCC(CC(=O)O)OB1O. The van der Waals surface area contributed by atoms with E-state index in [4.69, 9.17) is 60.2 Å². The van der Waals surface area contributed by atoms with Crippen LogP contribution in [0.2, 0.25) is 39.3 Å². The molecule has 0 aromatic rings. The van der Waals surface area contributed by atoms with Crippen molar-refractivity contribution in [3.05, 3.63) is 0 Å². The van der Waals surface area contributed by atoms with Crippen molar-refractivity contribution in [3.63, 3.8) is 0 Å². The highest BCUT2D eigenvalue weighted by molar-refractivity contribution is 6.90. The molecule has 14 nitrogen and oxygen atoms in total. The van der Waals surface area contributed by atoms with Crippen LogP contribution in [0.5, 0.6) is 0 Å². The first-order chi connectivity index (χ1) is 33.6. The second-order valence-electron chi connectivity index (χ2n) is 29.4. The third kappa shape index (κ3) is 17.9. The molecule has 3 unspecified atom stereocenters. The van der Waals surface area contributed by atoms with Gasteiger partial charge in [0.25, 0.3) is 0 Å². The molecule has 0 aromatic heterocycles. The second kappa shape index (κ2) is 26.9. The minimum absolute atomic E-state index is 0. The standard InChI is InChI=1S/C27H54BNO4Si2.C21H36BClO4.C6H12BNO4.2CH4.ClH/c1-19(16-24(30)31-25(2,3)4)14-15-23(29(34(8,9)10)35(11,12)13)28-32-22-18-20-17-21(26(20,5)6)27(22,7)33-28;1-13(10-18(24)25-19(2,3)4)8-9-17(23)22-26-16-12-14-11-15(20(14,5)6)21(16,7)27-22;8-5-2-1-4(3-6(9)10)12-7(5)11;;;/h19-23H,14-18H2,1-13H3;13-17H,8-12H2,1-7H3;4-5,11H,1-3,8H2,(H,9,10);2*1H4;1H/t19?,20-,21-,22+,23-,27-;13?,14-,15-,16+,17+,21-;4?,5-;;;/m000.../s1. The molecule has 4 N–H and O–H groups in total. The van der Waals surface area contributed by atoms with Crippen LogP contribution in [-0.2, 0) is 47.1 Å². The first-order valence-electron chi connectivity index (χ1n) is 28.4. The molecule has 21 heteroatoms. The Hall–Kier alpha value is -0.701. The molecule has 4 bridgehead atoms. The number of rotatable bonds is 17. The molecule has 0 aromatic carbocycles. The van der Waals surface area contributed by atoms with Crippen LogP contribution < -0.4 is 5.73 Å². The van der Waals surface area contributed by atoms with E-state index in [0.29, 0.717) is 48.3 Å². The first-order valence-corrected chi connectivity index (χ1v) is 35.8. The van der Waals surface area contributed by atoms with Gasteiger partial charge >= 0.3 is 39.3 Å². The van der Waals surface area contributed by atoms with Crippen molar-refractivity contribution in [2.75, 3.05) is 0 Å². The fourth-order valence-electron chi connectivity index (χ4n) is 14.3. The molecule has 0 spiro atoms. The number of halogens is 2. The molecule has 0 amide bonds. The number of aliphatic carboxylic acids is 1. The highest BCUT2D eigenvalue weighted by atomic mass is 35.5. The molecule has 448 valence electrons. The van der Waals surface area contributed by atoms with Gasteiger partial charge in [-0.25, -0.2) is 0 Å². The van der Waals surface area contributed by atoms with E-state index >= 15 is 0 Å². The number of carboxylic acid groups (broad SMARTS) is 1. The topological polar surface area (TPSA) is 186 Å². The van der Waals surface area contributed by atoms with E-state index in [2.05, 4.69) is 98.9 Å². The number of carboxylic acids is 1. The maximum atomic E-state index is 12.5. The fraction of sp³-hybridized carbons (Fsp3) is 0.946. The van der Waals surface area contributed by atoms with E-state index < -0.39 is 46.9 Å². The van der Waals surface area contributed by atoms with Gasteiger partial charge in [0.15, 0.2) is 0 Å². The van der Waals surface area contributed by atoms with E-state index in [1.165, 1.54) is 12.8 Å². The number of esters is 2. The number of alkyl halides is 1. The number of carbonyl (C=O) groups is 3. The molecule has 3 saturated heterocycles. The van der Waals surface area contributed by atoms with E-state index in [0.717, 1.165) is 50.4 Å². The molecule has 9 rings (SSSR count). The van der Waals surface area contributed by atoms with Crippen LogP contribution in [0.1, 0.15) is 195 Å². The second-order valence-corrected chi connectivity index (χ2v) is 40.1. The molecule has 6 saturated carbocycles. The van der Waals surface area contributed by atoms with E-state index in [-0.39, 0.29) is 112 Å². The maximum absolute atomic E-state index is 12.5. The summed E-state index contributed by atoms with van der Waals surface area (Å²) in [7, 11) is -4.85. The van der Waals surface area contributed by atoms with Gasteiger partial charge in [0.2, 0.25) is 0 Å². The number of carbonyl (C=O) groups excluding carboxylic acids is 2. The molecule has 14 atom stereocenters. The van der Waals surface area contributed by atoms with Gasteiger partial charge in [0, 0.05) is 24.7 Å². The minimum atomic E-state index is -1.65. The number of hydrogen-bond donors (Lipinski definition) is 3. The molecule has 3 heterocycles. The van der Waals surface area contributed by atoms with E-state index in [1.54, 1.807) is 0 Å². The van der Waals surface area contributed by atoms with Gasteiger partial charge in [0.1, 0.15) is 27.7 Å². The molecule has 9 aliphatic rings. The van der Waals surface area contributed by atoms with Crippen molar-refractivity contribution < 1.29 is 57.3 Å². The smallest absolute Gasteiger partial charge is 0.476 e. The fourth-order valence-corrected chi connectivity index (χ4v) is 25.1. The van der Waals surface area contributed by atoms with Crippen LogP contribution in [0.3, 0.4) is 0 Å². The number of nitrogens with zero attached hydrogens (tertiary/aromatic N) is 1. The third-order valence-corrected chi connectivity index (χ3v) is 26.0. The first kappa shape index (κ1) is 72.4. The lowest BCUT2D eigenvalue weighted by Gasteiger charge is -2.64. The summed E-state index contributed by atoms with van der Waals surface area (Å²) in [6.45, 7) is 44.7. The Bertz CT molecular complexity index is 1930. The van der Waals surface area contributed by atoms with Gasteiger partial charge in [-0.05, 0) is 166 Å². The van der Waals surface area contributed by atoms with Gasteiger partial charge in [-0.1, -0.05) is 95.7 Å². The zero-order valence-electron chi connectivity index (χ0n) is 50.1. The van der Waals surface area contributed by atoms with Crippen molar-refractivity contribution >= 4 is 79.7 Å². The number of nitrogens with two attached hydrogens (primary N) is 1. The Kier molecular flexibility index (Phi) is 25.3. The normalized spacial score (nSPS) is 32.2. The molecule has 6 aliphatic carbocycles. The summed E-state index contributed by atoms with van der Waals surface area (Å²) in [5.74, 6) is 1.82. The van der Waals surface area contributed by atoms with Crippen LogP contribution in [0.15, 0.2) is 0 Å². The lowest BCUT2D eigenvalue weighted by atomic mass is 9.43. The van der Waals surface area contributed by atoms with Crippen molar-refractivity contribution in [2.45, 2.75) is 292 Å². The van der Waals surface area contributed by atoms with Gasteiger partial charge < -0.3 is 52.8 Å². The Morgan fingerprint density at radius 1 is 0.688 bits per heavy atom. The highest BCUT2D eigenvalue weighted by Crippen LogP contribution is 2.67. The Balaban J connectivity index is 0.000000428. The molecule has 0 radical (unpaired) electrons. The van der Waals surface area contributed by atoms with Gasteiger partial charge in [-0.3, -0.25) is 14.4 Å². The van der Waals surface area contributed by atoms with Crippen molar-refractivity contribution in [1.82, 2.24) is 4.23 Å². The zero-order valence-corrected chi connectivity index (χ0v) is 53.7. The van der Waals surface area contributed by atoms with Crippen molar-refractivity contribution in [2.24, 2.45) is 52.1 Å². The lowest BCUT2D eigenvalue weighted by molar-refractivity contribution is -0.199. The van der Waals surface area contributed by atoms with E-state index in [1.807, 2.05) is 41.5 Å². The van der Waals surface area contributed by atoms with Gasteiger partial charge in [0.05, 0.1) is 41.2 Å². The Labute approximate surface area is 483 Å². The van der Waals surface area contributed by atoms with Crippen LogP contribution >= 0.6 is 24.0 Å². The molecule has 77 heavy (non-hydrogen) atoms. The predicted octanol–water partition coefficient (Wildman–Crippen LogP) is 12.4. The highest BCUT2D eigenvalue weighted by Gasteiger charge is 2.70. The molecular weight excluding hydrogens is 1050 g/mol. The average molecular weight is 1160 g/mol. The summed E-state index contributed by atoms with van der Waals surface area (Å²) in [5.41, 5.74) is 4.87. The van der Waals surface area contributed by atoms with Crippen LogP contribution in [0.25, 0.3) is 0 Å². The van der Waals surface area contributed by atoms with Gasteiger partial charge in [-0.15, -0.1) is 24.0 Å². The number of ether oxygens (including phenoxy) is 2. The van der Waals surface area contributed by atoms with Crippen LogP contribution in [-0.4, -0.2) is 128 Å². The molecule has 3 aliphatic heterocycles. The molecule has 9 fully saturated rings. The van der Waals surface area contributed by atoms with Crippen molar-refractivity contribution in [3.8, 4) is 0 Å². The summed E-state index contributed by atoms with van der Waals surface area (Å²) in [6.07, 6.45) is 10.3. The van der Waals surface area contributed by atoms with Crippen LogP contribution in [0.4, 0.5) is 0 Å². The third-order valence-electron chi connectivity index (χ3n) is 18.0. The summed E-state index contributed by atoms with van der Waals surface area (Å²) < 4.78 is 45.4. The predicted molar refractivity (Wildman–Crippen MR) is 323 cm³/mol. The minimum Gasteiger partial charge on any atom is -0.481 e. The summed E-state index contributed by atoms with van der Waals surface area (Å²) in [5, 5.41) is 17.4. The maximum Gasteiger partial charge on any atom is 0.476 e. The lowest BCUT2D eigenvalue weighted by Crippen LogP contribution is -2.67. The van der Waals surface area contributed by atoms with Crippen molar-refractivity contribution in [1.29, 1.82) is 0 Å². The van der Waals surface area contributed by atoms with Crippen LogP contribution in [0, 0.1) is 46.3 Å². The average Bonchev–Trinajstić information content (AvgIpc) is 3.77.